The van der Waals surface area contributed by atoms with E-state index in [4.69, 9.17) is 16.7 Å². The molecule has 6 heteroatoms. The Morgan fingerprint density at radius 2 is 1.49 bits per heavy atom. The van der Waals surface area contributed by atoms with Crippen molar-refractivity contribution in [2.24, 2.45) is 0 Å². The van der Waals surface area contributed by atoms with Crippen LogP contribution in [0.4, 0.5) is 5.69 Å². The summed E-state index contributed by atoms with van der Waals surface area (Å²) in [6, 6.07) is 26.4. The first-order valence-corrected chi connectivity index (χ1v) is 13.4. The Hall–Kier alpha value is -3.96. The number of nitrogens with one attached hydrogen (secondary N) is 1. The molecule has 0 aliphatic rings. The summed E-state index contributed by atoms with van der Waals surface area (Å²) >= 11 is 6.32. The number of hydrogen-bond acceptors (Lipinski definition) is 4. The minimum absolute atomic E-state index is 0.0318. The summed E-state index contributed by atoms with van der Waals surface area (Å²) in [7, 11) is 0. The maximum atomic E-state index is 12.3. The van der Waals surface area contributed by atoms with Crippen molar-refractivity contribution >= 4 is 29.0 Å². The molecule has 0 saturated carbocycles. The Kier molecular flexibility index (Phi) is 8.82. The van der Waals surface area contributed by atoms with Crippen LogP contribution in [0, 0.1) is 0 Å². The molecular weight excluding hydrogens is 508 g/mol. The average molecular weight is 541 g/mol. The highest BCUT2D eigenvalue weighted by Crippen LogP contribution is 2.29. The van der Waals surface area contributed by atoms with Crippen LogP contribution in [0.3, 0.4) is 0 Å². The molecule has 0 aliphatic heterocycles. The van der Waals surface area contributed by atoms with Crippen molar-refractivity contribution in [2.45, 2.75) is 52.0 Å². The number of carbonyl (C=O) groups excluding carboxylic acids is 1. The number of benzene rings is 3. The van der Waals surface area contributed by atoms with E-state index in [9.17, 15) is 9.59 Å². The highest BCUT2D eigenvalue weighted by Gasteiger charge is 2.14. The lowest BCUT2D eigenvalue weighted by atomic mass is 9.86. The van der Waals surface area contributed by atoms with Crippen LogP contribution in [0.1, 0.15) is 61.6 Å². The molecule has 0 aliphatic carbocycles. The fraction of sp³-hybridized carbons (Fsp3) is 0.242. The summed E-state index contributed by atoms with van der Waals surface area (Å²) in [5, 5.41) is 12.9. The average Bonchev–Trinajstić information content (AvgIpc) is 2.92. The maximum Gasteiger partial charge on any atom is 0.303 e. The number of Topliss-reactive ketones (excluding diaryl/α,β-unsaturated/α-hetero) is 1. The number of aliphatic carboxylic acids is 1. The Morgan fingerprint density at radius 1 is 0.846 bits per heavy atom. The normalized spacial score (nSPS) is 11.3. The number of pyridine rings is 1. The van der Waals surface area contributed by atoms with Gasteiger partial charge in [0.15, 0.2) is 5.78 Å². The first kappa shape index (κ1) is 28.1. The zero-order chi connectivity index (χ0) is 28.0. The Labute approximate surface area is 234 Å². The third-order valence-electron chi connectivity index (χ3n) is 6.68. The third-order valence-corrected chi connectivity index (χ3v) is 6.91. The van der Waals surface area contributed by atoms with Gasteiger partial charge in [-0.1, -0.05) is 80.9 Å². The van der Waals surface area contributed by atoms with Gasteiger partial charge >= 0.3 is 5.97 Å². The molecule has 3 aromatic carbocycles. The first-order chi connectivity index (χ1) is 18.6. The minimum atomic E-state index is -0.907. The van der Waals surface area contributed by atoms with Crippen molar-refractivity contribution in [1.29, 1.82) is 0 Å². The molecular formula is C33H33ClN2O3. The van der Waals surface area contributed by atoms with E-state index in [1.165, 1.54) is 11.1 Å². The van der Waals surface area contributed by atoms with Crippen molar-refractivity contribution < 1.29 is 14.7 Å². The van der Waals surface area contributed by atoms with Crippen molar-refractivity contribution in [1.82, 2.24) is 4.98 Å². The van der Waals surface area contributed by atoms with Crippen LogP contribution in [0.5, 0.6) is 0 Å². The molecule has 1 heterocycles. The molecule has 1 aromatic heterocycles. The first-order valence-electron chi connectivity index (χ1n) is 13.0. The second-order valence-corrected chi connectivity index (χ2v) is 11.1. The number of anilines is 1. The number of ketones is 1. The van der Waals surface area contributed by atoms with Crippen LogP contribution in [0.2, 0.25) is 5.02 Å². The van der Waals surface area contributed by atoms with E-state index in [0.29, 0.717) is 23.7 Å². The van der Waals surface area contributed by atoms with Gasteiger partial charge in [-0.2, -0.15) is 0 Å². The van der Waals surface area contributed by atoms with Gasteiger partial charge in [0.1, 0.15) is 5.69 Å². The van der Waals surface area contributed by atoms with Gasteiger partial charge < -0.3 is 10.4 Å². The van der Waals surface area contributed by atoms with E-state index in [0.717, 1.165) is 27.9 Å². The predicted octanol–water partition coefficient (Wildman–Crippen LogP) is 8.42. The van der Waals surface area contributed by atoms with Crippen molar-refractivity contribution in [3.63, 3.8) is 0 Å². The van der Waals surface area contributed by atoms with Crippen molar-refractivity contribution in [3.8, 4) is 22.3 Å². The molecule has 39 heavy (non-hydrogen) atoms. The van der Waals surface area contributed by atoms with Crippen LogP contribution in [-0.4, -0.2) is 21.8 Å². The fourth-order valence-corrected chi connectivity index (χ4v) is 4.53. The van der Waals surface area contributed by atoms with Crippen LogP contribution in [-0.2, 0) is 16.8 Å². The maximum absolute atomic E-state index is 12.3. The number of carboxylic acid groups (broad SMARTS) is 1. The molecule has 5 nitrogen and oxygen atoms in total. The van der Waals surface area contributed by atoms with Crippen LogP contribution >= 0.6 is 11.6 Å². The number of hydrogen-bond donors (Lipinski definition) is 2. The van der Waals surface area contributed by atoms with Crippen LogP contribution in [0.15, 0.2) is 85.1 Å². The summed E-state index contributed by atoms with van der Waals surface area (Å²) < 4.78 is 0. The second kappa shape index (κ2) is 12.3. The molecule has 0 unspecified atom stereocenters. The van der Waals surface area contributed by atoms with Gasteiger partial charge in [0.25, 0.3) is 0 Å². The topological polar surface area (TPSA) is 79.3 Å². The smallest absolute Gasteiger partial charge is 0.303 e. The highest BCUT2D eigenvalue weighted by molar-refractivity contribution is 6.30. The quantitative estimate of drug-likeness (QED) is 0.197. The molecule has 0 fully saturated rings. The summed E-state index contributed by atoms with van der Waals surface area (Å²) in [4.78, 5) is 27.4. The Bertz CT molecular complexity index is 1440. The molecule has 0 bridgehead atoms. The number of carbonyl (C=O) groups is 2. The standard InChI is InChI=1S/C33H33ClN2O3/c1-33(2,3)26-13-7-22(8-14-26)23-10-16-28(17-11-23)35-20-24-9-15-27(34)19-29(24)25-12-18-30(36-21-25)31(37)5-4-6-32(38)39/h7-19,21,35H,4-6,20H2,1-3H3,(H,38,39). The largest absolute Gasteiger partial charge is 0.481 e. The monoisotopic (exact) mass is 540 g/mol. The predicted molar refractivity (Wildman–Crippen MR) is 158 cm³/mol. The van der Waals surface area contributed by atoms with Gasteiger partial charge in [-0.05, 0) is 70.0 Å². The summed E-state index contributed by atoms with van der Waals surface area (Å²) in [5.74, 6) is -1.07. The SMILES string of the molecule is CC(C)(C)c1ccc(-c2ccc(NCc3ccc(Cl)cc3-c3ccc(C(=O)CCCC(=O)O)nc3)cc2)cc1. The molecule has 200 valence electrons. The molecule has 0 spiro atoms. The lowest BCUT2D eigenvalue weighted by molar-refractivity contribution is -0.137. The van der Waals surface area contributed by atoms with E-state index < -0.39 is 5.97 Å². The molecule has 0 amide bonds. The van der Waals surface area contributed by atoms with Gasteiger partial charge in [0.05, 0.1) is 0 Å². The zero-order valence-corrected chi connectivity index (χ0v) is 23.3. The van der Waals surface area contributed by atoms with Gasteiger partial charge in [0.2, 0.25) is 0 Å². The van der Waals surface area contributed by atoms with Crippen molar-refractivity contribution in [3.05, 3.63) is 107 Å². The molecule has 0 radical (unpaired) electrons. The second-order valence-electron chi connectivity index (χ2n) is 10.7. The Balaban J connectivity index is 1.44. The molecule has 0 atom stereocenters. The Morgan fingerprint density at radius 3 is 2.08 bits per heavy atom. The molecule has 2 N–H and O–H groups in total. The summed E-state index contributed by atoms with van der Waals surface area (Å²) in [6.45, 7) is 7.24. The van der Waals surface area contributed by atoms with E-state index in [1.807, 2.05) is 24.3 Å². The number of rotatable bonds is 10. The minimum Gasteiger partial charge on any atom is -0.481 e. The third kappa shape index (κ3) is 7.55. The van der Waals surface area contributed by atoms with E-state index in [-0.39, 0.29) is 24.0 Å². The van der Waals surface area contributed by atoms with Crippen molar-refractivity contribution in [2.75, 3.05) is 5.32 Å². The lowest BCUT2D eigenvalue weighted by Crippen LogP contribution is -2.10. The molecule has 4 rings (SSSR count). The number of halogens is 1. The fourth-order valence-electron chi connectivity index (χ4n) is 4.36. The van der Waals surface area contributed by atoms with Gasteiger partial charge in [0, 0.05) is 41.9 Å². The summed E-state index contributed by atoms with van der Waals surface area (Å²) in [5.41, 5.74) is 7.96. The van der Waals surface area contributed by atoms with Gasteiger partial charge in [-0.25, -0.2) is 0 Å². The molecule has 4 aromatic rings. The number of nitrogens with zero attached hydrogens (tertiary/aromatic N) is 1. The number of aromatic nitrogens is 1. The molecule has 0 saturated heterocycles. The zero-order valence-electron chi connectivity index (χ0n) is 22.5. The van der Waals surface area contributed by atoms with E-state index >= 15 is 0 Å². The van der Waals surface area contributed by atoms with Gasteiger partial charge in [-0.15, -0.1) is 0 Å². The highest BCUT2D eigenvalue weighted by atomic mass is 35.5. The van der Waals surface area contributed by atoms with E-state index in [1.54, 1.807) is 12.3 Å². The van der Waals surface area contributed by atoms with Crippen LogP contribution < -0.4 is 5.32 Å². The van der Waals surface area contributed by atoms with E-state index in [2.05, 4.69) is 79.6 Å². The summed E-state index contributed by atoms with van der Waals surface area (Å²) in [6.07, 6.45) is 2.09. The van der Waals surface area contributed by atoms with Gasteiger partial charge in [-0.3, -0.25) is 14.6 Å². The number of carboxylic acids is 1. The van der Waals surface area contributed by atoms with Crippen LogP contribution in [0.25, 0.3) is 22.3 Å². The lowest BCUT2D eigenvalue weighted by Gasteiger charge is -2.19.